The van der Waals surface area contributed by atoms with Crippen molar-refractivity contribution in [1.29, 1.82) is 0 Å². The number of carbonyl (C=O) groups excluding carboxylic acids is 1. The summed E-state index contributed by atoms with van der Waals surface area (Å²) < 4.78 is 0.937. The number of nitrogens with zero attached hydrogens (tertiary/aromatic N) is 1. The van der Waals surface area contributed by atoms with Crippen LogP contribution in [0.2, 0.25) is 5.02 Å². The number of carbonyl (C=O) groups is 1. The number of rotatable bonds is 4. The minimum atomic E-state index is -0.0238. The molecule has 3 nitrogen and oxygen atoms in total. The minimum Gasteiger partial charge on any atom is -0.395 e. The highest BCUT2D eigenvalue weighted by atomic mass is 127. The molecule has 1 fully saturated rings. The van der Waals surface area contributed by atoms with Crippen molar-refractivity contribution in [3.8, 4) is 0 Å². The number of hydrogen-bond donors (Lipinski definition) is 1. The minimum absolute atomic E-state index is 0.000337. The molecule has 1 aromatic carbocycles. The smallest absolute Gasteiger partial charge is 0.254 e. The van der Waals surface area contributed by atoms with Gasteiger partial charge in [0.1, 0.15) is 0 Å². The molecule has 1 N–H and O–H groups in total. The van der Waals surface area contributed by atoms with Gasteiger partial charge in [0.2, 0.25) is 0 Å². The Hall–Kier alpha value is -0.330. The maximum absolute atomic E-state index is 12.7. The van der Waals surface area contributed by atoms with E-state index in [9.17, 15) is 9.90 Å². The number of halogens is 2. The van der Waals surface area contributed by atoms with Crippen LogP contribution < -0.4 is 0 Å². The Morgan fingerprint density at radius 1 is 1.35 bits per heavy atom. The molecule has 20 heavy (non-hydrogen) atoms. The SMILES string of the molecule is O=C(c1ccc(I)c(Cl)c1)N(CCO)C1CCCCC1. The highest BCUT2D eigenvalue weighted by Gasteiger charge is 2.26. The van der Waals surface area contributed by atoms with Gasteiger partial charge in [-0.2, -0.15) is 0 Å². The Bertz CT molecular complexity index is 475. The summed E-state index contributed by atoms with van der Waals surface area (Å²) >= 11 is 8.24. The highest BCUT2D eigenvalue weighted by molar-refractivity contribution is 14.1. The Morgan fingerprint density at radius 3 is 2.65 bits per heavy atom. The lowest BCUT2D eigenvalue weighted by Gasteiger charge is -2.34. The number of amides is 1. The molecule has 0 spiro atoms. The standard InChI is InChI=1S/C15H19ClINO2/c16-13-10-11(6-7-14(13)17)15(20)18(8-9-19)12-4-2-1-3-5-12/h6-7,10,12,19H,1-5,8-9H2. The fourth-order valence-corrected chi connectivity index (χ4v) is 3.26. The van der Waals surface area contributed by atoms with Crippen LogP contribution in [0, 0.1) is 3.57 Å². The first kappa shape index (κ1) is 16.0. The van der Waals surface area contributed by atoms with Gasteiger partial charge in [-0.1, -0.05) is 30.9 Å². The van der Waals surface area contributed by atoms with Gasteiger partial charge in [-0.3, -0.25) is 4.79 Å². The van der Waals surface area contributed by atoms with Gasteiger partial charge in [0, 0.05) is 21.7 Å². The van der Waals surface area contributed by atoms with Crippen LogP contribution >= 0.6 is 34.2 Å². The number of hydrogen-bond acceptors (Lipinski definition) is 2. The van der Waals surface area contributed by atoms with Crippen molar-refractivity contribution in [1.82, 2.24) is 4.90 Å². The van der Waals surface area contributed by atoms with Gasteiger partial charge >= 0.3 is 0 Å². The van der Waals surface area contributed by atoms with Gasteiger partial charge in [0.05, 0.1) is 11.6 Å². The van der Waals surface area contributed by atoms with Crippen molar-refractivity contribution in [2.45, 2.75) is 38.1 Å². The van der Waals surface area contributed by atoms with E-state index in [1.165, 1.54) is 6.42 Å². The van der Waals surface area contributed by atoms with Gasteiger partial charge in [-0.05, 0) is 53.6 Å². The molecule has 1 saturated carbocycles. The number of aliphatic hydroxyl groups is 1. The van der Waals surface area contributed by atoms with E-state index in [0.29, 0.717) is 17.1 Å². The largest absolute Gasteiger partial charge is 0.395 e. The predicted octanol–water partition coefficient (Wildman–Crippen LogP) is 3.71. The van der Waals surface area contributed by atoms with Crippen LogP contribution in [0.1, 0.15) is 42.5 Å². The Labute approximate surface area is 138 Å². The van der Waals surface area contributed by atoms with Crippen molar-refractivity contribution in [2.24, 2.45) is 0 Å². The summed E-state index contributed by atoms with van der Waals surface area (Å²) in [7, 11) is 0. The summed E-state index contributed by atoms with van der Waals surface area (Å²) in [5.41, 5.74) is 0.606. The third-order valence-electron chi connectivity index (χ3n) is 3.78. The van der Waals surface area contributed by atoms with Gasteiger partial charge in [-0.25, -0.2) is 0 Å². The molecular formula is C15H19ClINO2. The highest BCUT2D eigenvalue weighted by Crippen LogP contribution is 2.25. The van der Waals surface area contributed by atoms with E-state index in [4.69, 9.17) is 11.6 Å². The van der Waals surface area contributed by atoms with Gasteiger partial charge in [0.15, 0.2) is 0 Å². The zero-order valence-electron chi connectivity index (χ0n) is 11.3. The molecule has 0 heterocycles. The van der Waals surface area contributed by atoms with E-state index >= 15 is 0 Å². The lowest BCUT2D eigenvalue weighted by molar-refractivity contribution is 0.0585. The second-order valence-corrected chi connectivity index (χ2v) is 6.71. The van der Waals surface area contributed by atoms with Gasteiger partial charge in [-0.15, -0.1) is 0 Å². The average molecular weight is 408 g/mol. The number of aliphatic hydroxyl groups excluding tert-OH is 1. The van der Waals surface area contributed by atoms with Crippen LogP contribution in [-0.4, -0.2) is 35.1 Å². The van der Waals surface area contributed by atoms with E-state index in [2.05, 4.69) is 22.6 Å². The van der Waals surface area contributed by atoms with Crippen LogP contribution in [0.5, 0.6) is 0 Å². The zero-order valence-corrected chi connectivity index (χ0v) is 14.2. The molecule has 1 amide bonds. The first-order valence-electron chi connectivity index (χ1n) is 7.00. The second kappa shape index (κ2) is 7.61. The average Bonchev–Trinajstić information content (AvgIpc) is 2.48. The third-order valence-corrected chi connectivity index (χ3v) is 5.36. The molecule has 1 aliphatic carbocycles. The Kier molecular flexibility index (Phi) is 6.11. The van der Waals surface area contributed by atoms with Gasteiger partial charge in [0.25, 0.3) is 5.91 Å². The molecule has 0 aromatic heterocycles. The molecule has 0 unspecified atom stereocenters. The van der Waals surface area contributed by atoms with E-state index in [1.54, 1.807) is 6.07 Å². The normalized spacial score (nSPS) is 16.1. The summed E-state index contributed by atoms with van der Waals surface area (Å²) in [6, 6.07) is 5.64. The summed E-state index contributed by atoms with van der Waals surface area (Å²) in [4.78, 5) is 14.5. The molecule has 5 heteroatoms. The molecule has 0 atom stereocenters. The third kappa shape index (κ3) is 3.86. The monoisotopic (exact) mass is 407 g/mol. The fraction of sp³-hybridized carbons (Fsp3) is 0.533. The maximum atomic E-state index is 12.7. The van der Waals surface area contributed by atoms with Crippen LogP contribution in [0.15, 0.2) is 18.2 Å². The molecular weight excluding hydrogens is 389 g/mol. The second-order valence-electron chi connectivity index (χ2n) is 5.14. The Morgan fingerprint density at radius 2 is 2.05 bits per heavy atom. The van der Waals surface area contributed by atoms with Gasteiger partial charge < -0.3 is 10.0 Å². The summed E-state index contributed by atoms with van der Waals surface area (Å²) in [6.07, 6.45) is 5.63. The molecule has 0 bridgehead atoms. The fourth-order valence-electron chi connectivity index (χ4n) is 2.75. The lowest BCUT2D eigenvalue weighted by atomic mass is 9.93. The quantitative estimate of drug-likeness (QED) is 0.773. The van der Waals surface area contributed by atoms with Crippen molar-refractivity contribution in [3.05, 3.63) is 32.4 Å². The van der Waals surface area contributed by atoms with E-state index in [0.717, 1.165) is 29.3 Å². The topological polar surface area (TPSA) is 40.5 Å². The molecule has 0 saturated heterocycles. The van der Waals surface area contributed by atoms with Crippen molar-refractivity contribution < 1.29 is 9.90 Å². The molecule has 2 rings (SSSR count). The number of benzene rings is 1. The zero-order chi connectivity index (χ0) is 14.5. The van der Waals surface area contributed by atoms with E-state index in [1.807, 2.05) is 17.0 Å². The predicted molar refractivity (Wildman–Crippen MR) is 89.2 cm³/mol. The first-order valence-corrected chi connectivity index (χ1v) is 8.46. The van der Waals surface area contributed by atoms with E-state index < -0.39 is 0 Å². The maximum Gasteiger partial charge on any atom is 0.254 e. The molecule has 110 valence electrons. The molecule has 1 aromatic rings. The Balaban J connectivity index is 2.18. The van der Waals surface area contributed by atoms with Crippen LogP contribution in [0.3, 0.4) is 0 Å². The summed E-state index contributed by atoms with van der Waals surface area (Å²) in [5.74, 6) is -0.0238. The van der Waals surface area contributed by atoms with Crippen molar-refractivity contribution in [2.75, 3.05) is 13.2 Å². The van der Waals surface area contributed by atoms with E-state index in [-0.39, 0.29) is 18.6 Å². The molecule has 0 radical (unpaired) electrons. The summed E-state index contributed by atoms with van der Waals surface area (Å²) in [6.45, 7) is 0.396. The lowest BCUT2D eigenvalue weighted by Crippen LogP contribution is -2.43. The van der Waals surface area contributed by atoms with Crippen LogP contribution in [0.25, 0.3) is 0 Å². The molecule has 0 aliphatic heterocycles. The first-order chi connectivity index (χ1) is 9.63. The van der Waals surface area contributed by atoms with Crippen LogP contribution in [-0.2, 0) is 0 Å². The van der Waals surface area contributed by atoms with Crippen molar-refractivity contribution in [3.63, 3.8) is 0 Å². The van der Waals surface area contributed by atoms with Crippen molar-refractivity contribution >= 4 is 40.1 Å². The summed E-state index contributed by atoms with van der Waals surface area (Å²) in [5, 5.41) is 9.84. The van der Waals surface area contributed by atoms with Crippen LogP contribution in [0.4, 0.5) is 0 Å². The molecule has 1 aliphatic rings.